The monoisotopic (exact) mass is 652 g/mol. The molecular formula is C25H26BF9O7S. The van der Waals surface area contributed by atoms with Gasteiger partial charge in [-0.1, -0.05) is 25.1 Å². The van der Waals surface area contributed by atoms with E-state index in [-0.39, 0.29) is 31.3 Å². The molecule has 0 aromatic heterocycles. The van der Waals surface area contributed by atoms with E-state index in [0.717, 1.165) is 0 Å². The fourth-order valence-corrected chi connectivity index (χ4v) is 4.89. The van der Waals surface area contributed by atoms with E-state index in [0.29, 0.717) is 28.1 Å². The minimum atomic E-state index is -7.35. The Morgan fingerprint density at radius 3 is 1.81 bits per heavy atom. The zero-order valence-electron chi connectivity index (χ0n) is 22.7. The van der Waals surface area contributed by atoms with Crippen LogP contribution in [0.4, 0.5) is 39.5 Å². The predicted molar refractivity (Wildman–Crippen MR) is 137 cm³/mol. The van der Waals surface area contributed by atoms with Gasteiger partial charge in [-0.15, -0.1) is 0 Å². The molecular weight excluding hydrogens is 626 g/mol. The van der Waals surface area contributed by atoms with E-state index in [1.54, 1.807) is 37.4 Å². The van der Waals surface area contributed by atoms with Crippen LogP contribution in [0, 0.1) is 0 Å². The fourth-order valence-electron chi connectivity index (χ4n) is 3.90. The third-order valence-corrected chi connectivity index (χ3v) is 7.54. The third kappa shape index (κ3) is 7.34. The SMILES string of the molecule is CCC1=C(OS(=O)(=O)C(F)(F)C(F)(F)C(F)(F)C(F)(F)F)CCCc2cc(OC)ccc21.COc1ccc(B(O)O)cc1. The molecule has 0 fully saturated rings. The molecule has 1 aliphatic rings. The summed E-state index contributed by atoms with van der Waals surface area (Å²) in [5.41, 5.74) is 1.35. The first-order valence-electron chi connectivity index (χ1n) is 12.2. The van der Waals surface area contributed by atoms with Crippen LogP contribution in [0.25, 0.3) is 5.57 Å². The molecule has 0 aliphatic heterocycles. The molecule has 0 saturated heterocycles. The Morgan fingerprint density at radius 1 is 0.814 bits per heavy atom. The molecule has 0 spiro atoms. The van der Waals surface area contributed by atoms with Gasteiger partial charge in [-0.3, -0.25) is 0 Å². The summed E-state index contributed by atoms with van der Waals surface area (Å²) in [6.07, 6.45) is -7.23. The number of hydrogen-bond donors (Lipinski definition) is 2. The topological polar surface area (TPSA) is 102 Å². The van der Waals surface area contributed by atoms with Gasteiger partial charge in [0.15, 0.2) is 0 Å². The second-order valence-corrected chi connectivity index (χ2v) is 10.6. The Kier molecular flexibility index (Phi) is 11.1. The number of halogens is 9. The van der Waals surface area contributed by atoms with Gasteiger partial charge < -0.3 is 23.7 Å². The molecule has 0 atom stereocenters. The minimum absolute atomic E-state index is 0.00886. The van der Waals surface area contributed by atoms with E-state index in [4.69, 9.17) is 19.5 Å². The van der Waals surface area contributed by atoms with Crippen molar-refractivity contribution >= 4 is 28.3 Å². The number of methoxy groups -OCH3 is 2. The summed E-state index contributed by atoms with van der Waals surface area (Å²) in [5, 5.41) is 10.5. The van der Waals surface area contributed by atoms with Gasteiger partial charge in [0.2, 0.25) is 0 Å². The largest absolute Gasteiger partial charge is 0.497 e. The summed E-state index contributed by atoms with van der Waals surface area (Å²) in [4.78, 5) is 0. The highest BCUT2D eigenvalue weighted by atomic mass is 32.2. The highest BCUT2D eigenvalue weighted by Gasteiger charge is 2.86. The number of allylic oxidation sites excluding steroid dienone is 2. The predicted octanol–water partition coefficient (Wildman–Crippen LogP) is 5.30. The lowest BCUT2D eigenvalue weighted by Crippen LogP contribution is -2.63. The van der Waals surface area contributed by atoms with Crippen LogP contribution in [0.1, 0.15) is 37.3 Å². The van der Waals surface area contributed by atoms with Gasteiger partial charge in [0, 0.05) is 6.42 Å². The maximum atomic E-state index is 14.0. The number of fused-ring (bicyclic) bond motifs is 1. The molecule has 0 unspecified atom stereocenters. The van der Waals surface area contributed by atoms with Crippen LogP contribution in [0.15, 0.2) is 48.2 Å². The second kappa shape index (κ2) is 13.3. The molecule has 3 rings (SSSR count). The molecule has 0 radical (unpaired) electrons. The molecule has 2 N–H and O–H groups in total. The van der Waals surface area contributed by atoms with Gasteiger partial charge in [-0.25, -0.2) is 0 Å². The molecule has 0 heterocycles. The number of rotatable bonds is 9. The Labute approximate surface area is 241 Å². The van der Waals surface area contributed by atoms with Gasteiger partial charge in [-0.05, 0) is 65.7 Å². The first-order valence-corrected chi connectivity index (χ1v) is 13.6. The first-order chi connectivity index (χ1) is 19.7. The Bertz CT molecular complexity index is 1390. The van der Waals surface area contributed by atoms with Crippen molar-refractivity contribution in [1.29, 1.82) is 0 Å². The average molecular weight is 652 g/mol. The van der Waals surface area contributed by atoms with Gasteiger partial charge >= 0.3 is 40.5 Å². The van der Waals surface area contributed by atoms with Crippen molar-refractivity contribution in [2.24, 2.45) is 0 Å². The van der Waals surface area contributed by atoms with Crippen molar-refractivity contribution < 1.29 is 71.6 Å². The van der Waals surface area contributed by atoms with Crippen LogP contribution < -0.4 is 14.9 Å². The number of hydrogen-bond acceptors (Lipinski definition) is 7. The zero-order chi connectivity index (χ0) is 33.0. The van der Waals surface area contributed by atoms with Crippen molar-refractivity contribution in [3.63, 3.8) is 0 Å². The van der Waals surface area contributed by atoms with E-state index < -0.39 is 46.3 Å². The standard InChI is InChI=1S/C18H17F9O4S.C7H9BO3/c1-3-12-13-8-7-11(30-2)9-10(13)5-4-6-14(12)31-32(28,29)18(26,27)16(21,22)15(19,20)17(23,24)25;1-11-7-4-2-6(3-5-7)8(9)10/h7-9H,3-6H2,1-2H3;2-5,9-10H,1H3. The summed E-state index contributed by atoms with van der Waals surface area (Å²) in [5.74, 6) is -14.3. The lowest BCUT2D eigenvalue weighted by molar-refractivity contribution is -0.382. The van der Waals surface area contributed by atoms with Gasteiger partial charge in [0.25, 0.3) is 0 Å². The lowest BCUT2D eigenvalue weighted by Gasteiger charge is -2.32. The van der Waals surface area contributed by atoms with Crippen molar-refractivity contribution in [1.82, 2.24) is 0 Å². The van der Waals surface area contributed by atoms with Crippen LogP contribution in [0.2, 0.25) is 0 Å². The summed E-state index contributed by atoms with van der Waals surface area (Å²) < 4.78 is 156. The molecule has 43 heavy (non-hydrogen) atoms. The highest BCUT2D eigenvalue weighted by Crippen LogP contribution is 2.55. The average Bonchev–Trinajstić information content (AvgIpc) is 3.09. The van der Waals surface area contributed by atoms with Crippen LogP contribution in [-0.4, -0.2) is 63.1 Å². The van der Waals surface area contributed by atoms with Crippen molar-refractivity contribution in [2.45, 2.75) is 55.9 Å². The van der Waals surface area contributed by atoms with Gasteiger partial charge in [0.05, 0.1) is 14.2 Å². The molecule has 0 amide bonds. The number of alkyl halides is 9. The number of aryl methyl sites for hydroxylation is 1. The maximum absolute atomic E-state index is 14.0. The normalized spacial score (nSPS) is 14.7. The van der Waals surface area contributed by atoms with Crippen molar-refractivity contribution in [3.05, 3.63) is 59.4 Å². The molecule has 1 aliphatic carbocycles. The minimum Gasteiger partial charge on any atom is -0.497 e. The van der Waals surface area contributed by atoms with Crippen LogP contribution in [0.5, 0.6) is 11.5 Å². The van der Waals surface area contributed by atoms with E-state index in [2.05, 4.69) is 4.18 Å². The smallest absolute Gasteiger partial charge is 0.488 e. The Balaban J connectivity index is 0.000000490. The van der Waals surface area contributed by atoms with Gasteiger partial charge in [0.1, 0.15) is 17.3 Å². The molecule has 0 bridgehead atoms. The van der Waals surface area contributed by atoms with E-state index >= 15 is 0 Å². The van der Waals surface area contributed by atoms with E-state index in [9.17, 15) is 47.9 Å². The van der Waals surface area contributed by atoms with E-state index in [1.165, 1.54) is 26.2 Å². The molecule has 240 valence electrons. The second-order valence-electron chi connectivity index (χ2n) is 8.98. The third-order valence-electron chi connectivity index (χ3n) is 6.23. The van der Waals surface area contributed by atoms with Crippen molar-refractivity contribution in [3.8, 4) is 11.5 Å². The summed E-state index contributed by atoms with van der Waals surface area (Å²) >= 11 is 0. The quantitative estimate of drug-likeness (QED) is 0.216. The molecule has 2 aromatic rings. The van der Waals surface area contributed by atoms with Crippen LogP contribution in [-0.2, 0) is 20.7 Å². The Morgan fingerprint density at radius 2 is 1.35 bits per heavy atom. The summed E-state index contributed by atoms with van der Waals surface area (Å²) in [6.45, 7) is 1.45. The summed E-state index contributed by atoms with van der Waals surface area (Å²) in [7, 11) is -5.45. The fraction of sp³-hybridized carbons (Fsp3) is 0.440. The molecule has 7 nitrogen and oxygen atoms in total. The first kappa shape index (κ1) is 36.1. The van der Waals surface area contributed by atoms with E-state index in [1.807, 2.05) is 0 Å². The zero-order valence-corrected chi connectivity index (χ0v) is 23.5. The molecule has 18 heteroatoms. The number of benzene rings is 2. The highest BCUT2D eigenvalue weighted by molar-refractivity contribution is 7.88. The molecule has 0 saturated carbocycles. The molecule has 2 aromatic carbocycles. The maximum Gasteiger partial charge on any atom is 0.488 e. The Hall–Kier alpha value is -3.12. The summed E-state index contributed by atoms with van der Waals surface area (Å²) in [6, 6.07) is 11.0. The van der Waals surface area contributed by atoms with Crippen LogP contribution >= 0.6 is 0 Å². The van der Waals surface area contributed by atoms with Gasteiger partial charge in [-0.2, -0.15) is 47.9 Å². The number of ether oxygens (including phenoxy) is 2. The lowest BCUT2D eigenvalue weighted by atomic mass is 9.80. The van der Waals surface area contributed by atoms with Crippen molar-refractivity contribution in [2.75, 3.05) is 14.2 Å². The van der Waals surface area contributed by atoms with Crippen LogP contribution in [0.3, 0.4) is 0 Å².